The van der Waals surface area contributed by atoms with Crippen molar-refractivity contribution in [2.24, 2.45) is 0 Å². The van der Waals surface area contributed by atoms with E-state index in [1.165, 1.54) is 27.6 Å². The highest BCUT2D eigenvalue weighted by Crippen LogP contribution is 2.51. The second kappa shape index (κ2) is 9.19. The molecule has 3 nitrogen and oxygen atoms in total. The lowest BCUT2D eigenvalue weighted by molar-refractivity contribution is 0.660. The predicted molar refractivity (Wildman–Crippen MR) is 173 cm³/mol. The summed E-state index contributed by atoms with van der Waals surface area (Å²) in [7, 11) is 0. The van der Waals surface area contributed by atoms with Gasteiger partial charge in [0.05, 0.1) is 16.9 Å². The van der Waals surface area contributed by atoms with E-state index in [1.807, 2.05) is 6.20 Å². The molecule has 0 unspecified atom stereocenters. The van der Waals surface area contributed by atoms with Crippen LogP contribution in [0.15, 0.2) is 121 Å². The first-order chi connectivity index (χ1) is 20.5. The van der Waals surface area contributed by atoms with Crippen molar-refractivity contribution in [3.8, 4) is 45.0 Å². The summed E-state index contributed by atoms with van der Waals surface area (Å²) in [6.07, 6.45) is 1.90. The van der Waals surface area contributed by atoms with Gasteiger partial charge in [0.2, 0.25) is 0 Å². The molecule has 2 aromatic heterocycles. The summed E-state index contributed by atoms with van der Waals surface area (Å²) in [6.45, 7) is 6.78. The maximum atomic E-state index is 5.31. The number of para-hydroxylation sites is 1. The third-order valence-corrected chi connectivity index (χ3v) is 8.88. The number of nitrogens with zero attached hydrogens (tertiary/aromatic N) is 3. The number of hydrogen-bond donors (Lipinski definition) is 0. The molecule has 42 heavy (non-hydrogen) atoms. The SMILES string of the molecule is Cc1cc(-c2nc(-c3cccc4c3-c3ccccc3C4(C)C)nc3ccccc23)ccc1-c1nccc2ccccc12. The Morgan fingerprint density at radius 1 is 0.571 bits per heavy atom. The zero-order chi connectivity index (χ0) is 28.4. The summed E-state index contributed by atoms with van der Waals surface area (Å²) in [5, 5.41) is 3.40. The Labute approximate surface area is 245 Å². The highest BCUT2D eigenvalue weighted by molar-refractivity contribution is 5.98. The minimum atomic E-state index is -0.0792. The van der Waals surface area contributed by atoms with Crippen molar-refractivity contribution in [3.63, 3.8) is 0 Å². The van der Waals surface area contributed by atoms with Gasteiger partial charge in [-0.25, -0.2) is 9.97 Å². The van der Waals surface area contributed by atoms with Crippen molar-refractivity contribution < 1.29 is 0 Å². The summed E-state index contributed by atoms with van der Waals surface area (Å²) < 4.78 is 0. The Kier molecular flexibility index (Phi) is 5.39. The molecule has 0 radical (unpaired) electrons. The molecule has 1 aliphatic carbocycles. The van der Waals surface area contributed by atoms with Crippen LogP contribution in [-0.2, 0) is 5.41 Å². The van der Waals surface area contributed by atoms with Gasteiger partial charge in [0.15, 0.2) is 5.82 Å². The second-order valence-electron chi connectivity index (χ2n) is 11.7. The number of pyridine rings is 1. The van der Waals surface area contributed by atoms with E-state index in [2.05, 4.69) is 136 Å². The molecular weight excluding hydrogens is 510 g/mol. The van der Waals surface area contributed by atoms with Crippen molar-refractivity contribution in [3.05, 3.63) is 138 Å². The van der Waals surface area contributed by atoms with Crippen LogP contribution in [0, 0.1) is 6.92 Å². The van der Waals surface area contributed by atoms with Crippen molar-refractivity contribution in [2.45, 2.75) is 26.2 Å². The normalized spacial score (nSPS) is 13.3. The van der Waals surface area contributed by atoms with Gasteiger partial charge in [-0.2, -0.15) is 0 Å². The summed E-state index contributed by atoms with van der Waals surface area (Å²) in [5.74, 6) is 0.755. The Balaban J connectivity index is 1.33. The molecule has 0 spiro atoms. The molecule has 7 aromatic rings. The molecule has 2 heterocycles. The fourth-order valence-electron chi connectivity index (χ4n) is 6.77. The molecule has 8 rings (SSSR count). The van der Waals surface area contributed by atoms with Gasteiger partial charge in [0.25, 0.3) is 0 Å². The summed E-state index contributed by atoms with van der Waals surface area (Å²) in [4.78, 5) is 15.2. The smallest absolute Gasteiger partial charge is 0.161 e. The number of fused-ring (bicyclic) bond motifs is 5. The van der Waals surface area contributed by atoms with Crippen LogP contribution in [0.25, 0.3) is 66.7 Å². The molecule has 0 atom stereocenters. The third-order valence-electron chi connectivity index (χ3n) is 8.88. The average molecular weight is 540 g/mol. The van der Waals surface area contributed by atoms with Crippen molar-refractivity contribution >= 4 is 21.7 Å². The van der Waals surface area contributed by atoms with E-state index >= 15 is 0 Å². The van der Waals surface area contributed by atoms with Crippen molar-refractivity contribution in [1.82, 2.24) is 15.0 Å². The minimum Gasteiger partial charge on any atom is -0.256 e. The first-order valence-corrected chi connectivity index (χ1v) is 14.5. The molecule has 1 aliphatic rings. The van der Waals surface area contributed by atoms with Crippen LogP contribution < -0.4 is 0 Å². The minimum absolute atomic E-state index is 0.0792. The average Bonchev–Trinajstić information content (AvgIpc) is 3.27. The molecule has 0 saturated heterocycles. The van der Waals surface area contributed by atoms with Crippen molar-refractivity contribution in [2.75, 3.05) is 0 Å². The maximum absolute atomic E-state index is 5.31. The Hall–Kier alpha value is -5.15. The predicted octanol–water partition coefficient (Wildman–Crippen LogP) is 9.79. The standard InChI is InChI=1S/C39H29N3/c1-24-23-26(19-20-27(24)37-28-12-5-4-11-25(28)21-22-40-37)36-30-14-7-9-18-34(30)41-38(42-36)31-15-10-17-33-35(31)29-13-6-8-16-32(29)39(33,2)3/h4-23H,1-3H3. The fraction of sp³-hybridized carbons (Fsp3) is 0.103. The second-order valence-corrected chi connectivity index (χ2v) is 11.7. The van der Waals surface area contributed by atoms with Gasteiger partial charge in [0.1, 0.15) is 0 Å². The van der Waals surface area contributed by atoms with Crippen LogP contribution in [0.5, 0.6) is 0 Å². The molecule has 3 heteroatoms. The number of hydrogen-bond acceptors (Lipinski definition) is 3. The lowest BCUT2D eigenvalue weighted by Crippen LogP contribution is -2.14. The number of aryl methyl sites for hydroxylation is 1. The largest absolute Gasteiger partial charge is 0.256 e. The highest BCUT2D eigenvalue weighted by atomic mass is 14.9. The highest BCUT2D eigenvalue weighted by Gasteiger charge is 2.37. The molecule has 200 valence electrons. The van der Waals surface area contributed by atoms with E-state index in [1.54, 1.807) is 0 Å². The van der Waals surface area contributed by atoms with Gasteiger partial charge in [-0.3, -0.25) is 4.98 Å². The van der Waals surface area contributed by atoms with Crippen LogP contribution >= 0.6 is 0 Å². The Bertz CT molecular complexity index is 2190. The van der Waals surface area contributed by atoms with Gasteiger partial charge >= 0.3 is 0 Å². The van der Waals surface area contributed by atoms with E-state index < -0.39 is 0 Å². The topological polar surface area (TPSA) is 38.7 Å². The van der Waals surface area contributed by atoms with Crippen LogP contribution in [0.1, 0.15) is 30.5 Å². The fourth-order valence-corrected chi connectivity index (χ4v) is 6.77. The van der Waals surface area contributed by atoms with Gasteiger partial charge in [-0.1, -0.05) is 111 Å². The quantitative estimate of drug-likeness (QED) is 0.224. The number of aromatic nitrogens is 3. The van der Waals surface area contributed by atoms with Gasteiger partial charge in [-0.15, -0.1) is 0 Å². The Morgan fingerprint density at radius 3 is 2.19 bits per heavy atom. The van der Waals surface area contributed by atoms with E-state index in [0.717, 1.165) is 55.8 Å². The molecule has 0 bridgehead atoms. The number of benzene rings is 5. The molecule has 5 aromatic carbocycles. The molecule has 0 saturated carbocycles. The number of rotatable bonds is 3. The van der Waals surface area contributed by atoms with Crippen LogP contribution in [-0.4, -0.2) is 15.0 Å². The first-order valence-electron chi connectivity index (χ1n) is 14.5. The summed E-state index contributed by atoms with van der Waals surface area (Å²) in [5.41, 5.74) is 12.4. The van der Waals surface area contributed by atoms with E-state index in [9.17, 15) is 0 Å². The first kappa shape index (κ1) is 24.6. The lowest BCUT2D eigenvalue weighted by atomic mass is 9.82. The molecule has 0 aliphatic heterocycles. The lowest BCUT2D eigenvalue weighted by Gasteiger charge is -2.21. The zero-order valence-electron chi connectivity index (χ0n) is 23.9. The Morgan fingerprint density at radius 2 is 1.31 bits per heavy atom. The molecule has 0 fully saturated rings. The zero-order valence-corrected chi connectivity index (χ0v) is 23.9. The summed E-state index contributed by atoms with van der Waals surface area (Å²) >= 11 is 0. The van der Waals surface area contributed by atoms with Crippen LogP contribution in [0.2, 0.25) is 0 Å². The molecule has 0 N–H and O–H groups in total. The van der Waals surface area contributed by atoms with Crippen LogP contribution in [0.3, 0.4) is 0 Å². The molecular formula is C39H29N3. The molecule has 0 amide bonds. The van der Waals surface area contributed by atoms with E-state index in [-0.39, 0.29) is 5.41 Å². The third kappa shape index (κ3) is 3.63. The van der Waals surface area contributed by atoms with E-state index in [4.69, 9.17) is 15.0 Å². The van der Waals surface area contributed by atoms with E-state index in [0.29, 0.717) is 0 Å². The van der Waals surface area contributed by atoms with Crippen molar-refractivity contribution in [1.29, 1.82) is 0 Å². The van der Waals surface area contributed by atoms with Gasteiger partial charge in [0, 0.05) is 39.1 Å². The maximum Gasteiger partial charge on any atom is 0.161 e. The van der Waals surface area contributed by atoms with Gasteiger partial charge in [-0.05, 0) is 58.3 Å². The summed E-state index contributed by atoms with van der Waals surface area (Å²) in [6, 6.07) is 40.8. The van der Waals surface area contributed by atoms with Gasteiger partial charge < -0.3 is 0 Å². The van der Waals surface area contributed by atoms with Crippen LogP contribution in [0.4, 0.5) is 0 Å². The monoisotopic (exact) mass is 539 g/mol.